The standard InChI is InChI=1S/C20H23ClN2O3/c21-18-13-20-19(25-15-26-20)12-16(18)14-23-8-6-22(7-9-23)10-11-24-17-4-2-1-3-5-17/h1-5,12-13H,6-11,14-15H2. The van der Waals surface area contributed by atoms with E-state index >= 15 is 0 Å². The van der Waals surface area contributed by atoms with Gasteiger partial charge in [0.15, 0.2) is 11.5 Å². The molecule has 0 atom stereocenters. The van der Waals surface area contributed by atoms with E-state index in [1.165, 1.54) is 0 Å². The van der Waals surface area contributed by atoms with Gasteiger partial charge < -0.3 is 14.2 Å². The Morgan fingerprint density at radius 3 is 2.38 bits per heavy atom. The molecule has 4 rings (SSSR count). The van der Waals surface area contributed by atoms with Crippen molar-refractivity contribution in [1.29, 1.82) is 0 Å². The summed E-state index contributed by atoms with van der Waals surface area (Å²) in [5, 5.41) is 0.743. The molecule has 6 heteroatoms. The van der Waals surface area contributed by atoms with E-state index in [0.29, 0.717) is 0 Å². The molecule has 0 spiro atoms. The molecule has 2 aliphatic heterocycles. The molecule has 1 fully saturated rings. The molecule has 0 aromatic heterocycles. The zero-order valence-electron chi connectivity index (χ0n) is 14.7. The molecule has 2 aliphatic rings. The van der Waals surface area contributed by atoms with Crippen LogP contribution in [0.4, 0.5) is 0 Å². The van der Waals surface area contributed by atoms with Gasteiger partial charge in [-0.25, -0.2) is 0 Å². The molecule has 0 unspecified atom stereocenters. The molecule has 0 aliphatic carbocycles. The maximum absolute atomic E-state index is 6.39. The van der Waals surface area contributed by atoms with Crippen LogP contribution in [0.1, 0.15) is 5.56 Å². The van der Waals surface area contributed by atoms with Crippen LogP contribution in [0.2, 0.25) is 5.02 Å². The molecule has 5 nitrogen and oxygen atoms in total. The highest BCUT2D eigenvalue weighted by Crippen LogP contribution is 2.37. The Bertz CT molecular complexity index is 733. The first-order chi connectivity index (χ1) is 12.8. The molecule has 1 saturated heterocycles. The number of para-hydroxylation sites is 1. The number of hydrogen-bond acceptors (Lipinski definition) is 5. The predicted octanol–water partition coefficient (Wildman–Crippen LogP) is 3.27. The molecule has 0 radical (unpaired) electrons. The van der Waals surface area contributed by atoms with Gasteiger partial charge in [0, 0.05) is 50.4 Å². The van der Waals surface area contributed by atoms with Crippen LogP contribution in [0.3, 0.4) is 0 Å². The molecule has 0 saturated carbocycles. The molecule has 138 valence electrons. The van der Waals surface area contributed by atoms with E-state index in [4.69, 9.17) is 25.8 Å². The average Bonchev–Trinajstić information content (AvgIpc) is 3.11. The summed E-state index contributed by atoms with van der Waals surface area (Å²) < 4.78 is 16.6. The third-order valence-electron chi connectivity index (χ3n) is 4.82. The molecule has 2 aromatic rings. The second-order valence-electron chi connectivity index (χ2n) is 6.58. The third-order valence-corrected chi connectivity index (χ3v) is 5.17. The predicted molar refractivity (Wildman–Crippen MR) is 101 cm³/mol. The van der Waals surface area contributed by atoms with Gasteiger partial charge in [0.1, 0.15) is 12.4 Å². The highest BCUT2D eigenvalue weighted by molar-refractivity contribution is 6.31. The summed E-state index contributed by atoms with van der Waals surface area (Å²) in [6, 6.07) is 13.8. The average molecular weight is 375 g/mol. The highest BCUT2D eigenvalue weighted by atomic mass is 35.5. The molecule has 0 N–H and O–H groups in total. The Kier molecular flexibility index (Phi) is 5.48. The first kappa shape index (κ1) is 17.5. The minimum absolute atomic E-state index is 0.277. The second-order valence-corrected chi connectivity index (χ2v) is 6.98. The van der Waals surface area contributed by atoms with Gasteiger partial charge in [0.25, 0.3) is 0 Å². The lowest BCUT2D eigenvalue weighted by molar-refractivity contribution is 0.112. The maximum atomic E-state index is 6.39. The molecule has 26 heavy (non-hydrogen) atoms. The largest absolute Gasteiger partial charge is 0.492 e. The Balaban J connectivity index is 1.23. The van der Waals surface area contributed by atoms with Gasteiger partial charge in [-0.15, -0.1) is 0 Å². The topological polar surface area (TPSA) is 34.2 Å². The van der Waals surface area contributed by atoms with Gasteiger partial charge in [-0.3, -0.25) is 9.80 Å². The van der Waals surface area contributed by atoms with E-state index in [2.05, 4.69) is 9.80 Å². The van der Waals surface area contributed by atoms with E-state index in [1.54, 1.807) is 0 Å². The van der Waals surface area contributed by atoms with E-state index in [0.717, 1.165) is 73.7 Å². The lowest BCUT2D eigenvalue weighted by Gasteiger charge is -2.34. The summed E-state index contributed by atoms with van der Waals surface area (Å²) in [6.45, 7) is 6.92. The summed E-state index contributed by atoms with van der Waals surface area (Å²) >= 11 is 6.39. The van der Waals surface area contributed by atoms with Gasteiger partial charge in [-0.1, -0.05) is 29.8 Å². The number of benzene rings is 2. The maximum Gasteiger partial charge on any atom is 0.231 e. The summed E-state index contributed by atoms with van der Waals surface area (Å²) in [5.41, 5.74) is 1.09. The SMILES string of the molecule is Clc1cc2c(cc1CN1CCN(CCOc3ccccc3)CC1)OCO2. The number of piperazine rings is 1. The Labute approximate surface area is 159 Å². The van der Waals surface area contributed by atoms with E-state index < -0.39 is 0 Å². The van der Waals surface area contributed by atoms with Crippen molar-refractivity contribution in [2.24, 2.45) is 0 Å². The number of hydrogen-bond donors (Lipinski definition) is 0. The Morgan fingerprint density at radius 2 is 1.62 bits per heavy atom. The van der Waals surface area contributed by atoms with Crippen LogP contribution in [0, 0.1) is 0 Å². The van der Waals surface area contributed by atoms with Crippen molar-refractivity contribution in [3.05, 3.63) is 53.1 Å². The van der Waals surface area contributed by atoms with Crippen molar-refractivity contribution in [3.8, 4) is 17.2 Å². The van der Waals surface area contributed by atoms with Crippen molar-refractivity contribution in [2.45, 2.75) is 6.54 Å². The summed E-state index contributed by atoms with van der Waals surface area (Å²) in [5.74, 6) is 2.46. The molecular weight excluding hydrogens is 352 g/mol. The van der Waals surface area contributed by atoms with Gasteiger partial charge in [0.05, 0.1) is 0 Å². The summed E-state index contributed by atoms with van der Waals surface area (Å²) in [7, 11) is 0. The van der Waals surface area contributed by atoms with Gasteiger partial charge in [0.2, 0.25) is 6.79 Å². The van der Waals surface area contributed by atoms with Gasteiger partial charge >= 0.3 is 0 Å². The lowest BCUT2D eigenvalue weighted by Crippen LogP contribution is -2.47. The minimum Gasteiger partial charge on any atom is -0.492 e. The smallest absolute Gasteiger partial charge is 0.231 e. The fourth-order valence-corrected chi connectivity index (χ4v) is 3.52. The van der Waals surface area contributed by atoms with Crippen molar-refractivity contribution in [2.75, 3.05) is 46.1 Å². The van der Waals surface area contributed by atoms with Gasteiger partial charge in [-0.2, -0.15) is 0 Å². The first-order valence-corrected chi connectivity index (χ1v) is 9.36. The van der Waals surface area contributed by atoms with Gasteiger partial charge in [-0.05, 0) is 23.8 Å². The fraction of sp³-hybridized carbons (Fsp3) is 0.400. The fourth-order valence-electron chi connectivity index (χ4n) is 3.30. The highest BCUT2D eigenvalue weighted by Gasteiger charge is 2.21. The number of nitrogens with zero attached hydrogens (tertiary/aromatic N) is 2. The zero-order chi connectivity index (χ0) is 17.8. The van der Waals surface area contributed by atoms with Crippen molar-refractivity contribution >= 4 is 11.6 Å². The van der Waals surface area contributed by atoms with E-state index in [1.807, 2.05) is 42.5 Å². The Hall–Kier alpha value is -1.95. The monoisotopic (exact) mass is 374 g/mol. The van der Waals surface area contributed by atoms with Crippen LogP contribution >= 0.6 is 11.6 Å². The Morgan fingerprint density at radius 1 is 0.923 bits per heavy atom. The van der Waals surface area contributed by atoms with Crippen LogP contribution in [0.25, 0.3) is 0 Å². The summed E-state index contributed by atoms with van der Waals surface area (Å²) in [4.78, 5) is 4.87. The van der Waals surface area contributed by atoms with Crippen LogP contribution in [-0.4, -0.2) is 55.9 Å². The van der Waals surface area contributed by atoms with Crippen LogP contribution < -0.4 is 14.2 Å². The number of ether oxygens (including phenoxy) is 3. The van der Waals surface area contributed by atoms with E-state index in [9.17, 15) is 0 Å². The van der Waals surface area contributed by atoms with Crippen LogP contribution in [0.15, 0.2) is 42.5 Å². The number of rotatable bonds is 6. The van der Waals surface area contributed by atoms with E-state index in [-0.39, 0.29) is 6.79 Å². The molecule has 0 amide bonds. The normalized spacial score (nSPS) is 17.4. The third kappa shape index (κ3) is 4.23. The van der Waals surface area contributed by atoms with Crippen molar-refractivity contribution in [1.82, 2.24) is 9.80 Å². The lowest BCUT2D eigenvalue weighted by atomic mass is 10.1. The number of halogens is 1. The molecular formula is C20H23ClN2O3. The quantitative estimate of drug-likeness (QED) is 0.775. The second kappa shape index (κ2) is 8.16. The van der Waals surface area contributed by atoms with Crippen molar-refractivity contribution < 1.29 is 14.2 Å². The zero-order valence-corrected chi connectivity index (χ0v) is 15.5. The minimum atomic E-state index is 0.277. The molecule has 2 heterocycles. The molecule has 0 bridgehead atoms. The summed E-state index contributed by atoms with van der Waals surface area (Å²) in [6.07, 6.45) is 0. The molecule has 2 aromatic carbocycles. The van der Waals surface area contributed by atoms with Crippen molar-refractivity contribution in [3.63, 3.8) is 0 Å². The van der Waals surface area contributed by atoms with Crippen LogP contribution in [0.5, 0.6) is 17.2 Å². The first-order valence-electron chi connectivity index (χ1n) is 8.98. The number of fused-ring (bicyclic) bond motifs is 1. The van der Waals surface area contributed by atoms with Crippen LogP contribution in [-0.2, 0) is 6.54 Å².